The number of benzene rings is 2. The molecule has 0 fully saturated rings. The summed E-state index contributed by atoms with van der Waals surface area (Å²) in [7, 11) is 0. The molecule has 114 valence electrons. The summed E-state index contributed by atoms with van der Waals surface area (Å²) in [5.74, 6) is -0.809. The van der Waals surface area contributed by atoms with Crippen molar-refractivity contribution in [3.63, 3.8) is 0 Å². The molecule has 2 aromatic carbocycles. The molecule has 1 amide bonds. The largest absolute Gasteiger partial charge is 0.449 e. The van der Waals surface area contributed by atoms with E-state index in [4.69, 9.17) is 4.74 Å². The first kappa shape index (κ1) is 15.8. The second kappa shape index (κ2) is 7.41. The van der Waals surface area contributed by atoms with Crippen LogP contribution in [0.1, 0.15) is 28.4 Å². The topological polar surface area (TPSA) is 55.4 Å². The number of hydrogen-bond donors (Lipinski definition) is 1. The van der Waals surface area contributed by atoms with Gasteiger partial charge in [0.1, 0.15) is 0 Å². The van der Waals surface area contributed by atoms with Crippen LogP contribution in [-0.2, 0) is 16.1 Å². The van der Waals surface area contributed by atoms with E-state index in [0.29, 0.717) is 12.1 Å². The number of esters is 1. The maximum absolute atomic E-state index is 12.0. The zero-order valence-electron chi connectivity index (χ0n) is 12.7. The molecule has 0 saturated carbocycles. The molecule has 4 heteroatoms. The van der Waals surface area contributed by atoms with Crippen molar-refractivity contribution in [2.75, 3.05) is 0 Å². The first-order chi connectivity index (χ1) is 10.6. The maximum Gasteiger partial charge on any atom is 0.338 e. The Hall–Kier alpha value is -2.62. The zero-order chi connectivity index (χ0) is 15.9. The lowest BCUT2D eigenvalue weighted by Gasteiger charge is -2.13. The monoisotopic (exact) mass is 297 g/mol. The molecule has 1 N–H and O–H groups in total. The van der Waals surface area contributed by atoms with E-state index in [1.54, 1.807) is 25.1 Å². The minimum atomic E-state index is -0.836. The van der Waals surface area contributed by atoms with Crippen molar-refractivity contribution < 1.29 is 14.3 Å². The molecule has 0 aliphatic rings. The third-order valence-corrected chi connectivity index (χ3v) is 3.22. The minimum absolute atomic E-state index is 0.315. The van der Waals surface area contributed by atoms with E-state index in [9.17, 15) is 9.59 Å². The van der Waals surface area contributed by atoms with Crippen molar-refractivity contribution in [3.05, 3.63) is 71.3 Å². The Labute approximate surface area is 130 Å². The average molecular weight is 297 g/mol. The molecule has 4 nitrogen and oxygen atoms in total. The van der Waals surface area contributed by atoms with E-state index in [1.165, 1.54) is 0 Å². The summed E-state index contributed by atoms with van der Waals surface area (Å²) >= 11 is 0. The molecule has 0 aromatic heterocycles. The van der Waals surface area contributed by atoms with Gasteiger partial charge in [-0.05, 0) is 31.5 Å². The number of aryl methyl sites for hydroxylation is 1. The number of carbonyl (C=O) groups excluding carboxylic acids is 2. The van der Waals surface area contributed by atoms with Crippen LogP contribution in [0.2, 0.25) is 0 Å². The quantitative estimate of drug-likeness (QED) is 0.863. The van der Waals surface area contributed by atoms with Crippen molar-refractivity contribution in [2.45, 2.75) is 26.5 Å². The zero-order valence-corrected chi connectivity index (χ0v) is 12.7. The van der Waals surface area contributed by atoms with Gasteiger partial charge in [-0.25, -0.2) is 4.79 Å². The van der Waals surface area contributed by atoms with E-state index in [0.717, 1.165) is 11.1 Å². The lowest BCUT2D eigenvalue weighted by molar-refractivity contribution is -0.129. The van der Waals surface area contributed by atoms with Crippen LogP contribution in [-0.4, -0.2) is 18.0 Å². The van der Waals surface area contributed by atoms with E-state index in [1.807, 2.05) is 43.3 Å². The Balaban J connectivity index is 1.87. The average Bonchev–Trinajstić information content (AvgIpc) is 2.53. The van der Waals surface area contributed by atoms with E-state index < -0.39 is 12.1 Å². The molecule has 0 unspecified atom stereocenters. The molecule has 0 aliphatic heterocycles. The fourth-order valence-corrected chi connectivity index (χ4v) is 1.98. The summed E-state index contributed by atoms with van der Waals surface area (Å²) in [5, 5.41) is 2.75. The second-order valence-corrected chi connectivity index (χ2v) is 5.12. The maximum atomic E-state index is 12.0. The van der Waals surface area contributed by atoms with Crippen LogP contribution >= 0.6 is 0 Å². The number of amides is 1. The molecule has 2 aromatic rings. The van der Waals surface area contributed by atoms with E-state index in [-0.39, 0.29) is 5.91 Å². The van der Waals surface area contributed by atoms with Gasteiger partial charge in [-0.1, -0.05) is 48.0 Å². The first-order valence-electron chi connectivity index (χ1n) is 7.15. The molecule has 0 spiro atoms. The first-order valence-corrected chi connectivity index (χ1v) is 7.15. The molecule has 0 radical (unpaired) electrons. The number of hydrogen-bond acceptors (Lipinski definition) is 3. The number of carbonyl (C=O) groups is 2. The van der Waals surface area contributed by atoms with Crippen LogP contribution in [0.5, 0.6) is 0 Å². The summed E-state index contributed by atoms with van der Waals surface area (Å²) in [4.78, 5) is 23.9. The summed E-state index contributed by atoms with van der Waals surface area (Å²) in [5.41, 5.74) is 2.41. The van der Waals surface area contributed by atoms with Gasteiger partial charge in [-0.3, -0.25) is 4.79 Å². The van der Waals surface area contributed by atoms with Gasteiger partial charge in [-0.2, -0.15) is 0 Å². The third kappa shape index (κ3) is 4.45. The predicted molar refractivity (Wildman–Crippen MR) is 84.3 cm³/mol. The second-order valence-electron chi connectivity index (χ2n) is 5.12. The standard InChI is InChI=1S/C18H19NO3/c1-13-7-6-10-16(11-13)18(21)22-14(2)17(20)19-12-15-8-4-3-5-9-15/h3-11,14H,12H2,1-2H3,(H,19,20)/t14-/m1/s1. The van der Waals surface area contributed by atoms with Gasteiger partial charge in [0.15, 0.2) is 6.10 Å². The molecule has 2 rings (SSSR count). The smallest absolute Gasteiger partial charge is 0.338 e. The van der Waals surface area contributed by atoms with Crippen LogP contribution in [0.4, 0.5) is 0 Å². The lowest BCUT2D eigenvalue weighted by Crippen LogP contribution is -2.35. The fraction of sp³-hybridized carbons (Fsp3) is 0.222. The lowest BCUT2D eigenvalue weighted by atomic mass is 10.1. The Bertz CT molecular complexity index is 652. The molecular formula is C18H19NO3. The molecule has 1 atom stereocenters. The Kier molecular flexibility index (Phi) is 5.31. The number of ether oxygens (including phenoxy) is 1. The molecule has 0 aliphatic carbocycles. The third-order valence-electron chi connectivity index (χ3n) is 3.22. The fourth-order valence-electron chi connectivity index (χ4n) is 1.98. The van der Waals surface area contributed by atoms with Gasteiger partial charge in [0, 0.05) is 6.54 Å². The van der Waals surface area contributed by atoms with Crippen LogP contribution in [0.15, 0.2) is 54.6 Å². The molecule has 22 heavy (non-hydrogen) atoms. The van der Waals surface area contributed by atoms with Crippen LogP contribution in [0.3, 0.4) is 0 Å². The highest BCUT2D eigenvalue weighted by Crippen LogP contribution is 2.07. The van der Waals surface area contributed by atoms with Crippen molar-refractivity contribution >= 4 is 11.9 Å². The SMILES string of the molecule is Cc1cccc(C(=O)O[C@H](C)C(=O)NCc2ccccc2)c1. The number of rotatable bonds is 5. The summed E-state index contributed by atoms with van der Waals surface area (Å²) in [6.07, 6.45) is -0.836. The molecular weight excluding hydrogens is 278 g/mol. The van der Waals surface area contributed by atoms with Gasteiger partial charge < -0.3 is 10.1 Å². The van der Waals surface area contributed by atoms with Crippen LogP contribution in [0.25, 0.3) is 0 Å². The summed E-state index contributed by atoms with van der Waals surface area (Å²) in [6, 6.07) is 16.6. The van der Waals surface area contributed by atoms with E-state index in [2.05, 4.69) is 5.32 Å². The summed E-state index contributed by atoms with van der Waals surface area (Å²) < 4.78 is 5.19. The normalized spacial score (nSPS) is 11.5. The van der Waals surface area contributed by atoms with Gasteiger partial charge in [0.2, 0.25) is 0 Å². The van der Waals surface area contributed by atoms with Gasteiger partial charge in [0.05, 0.1) is 5.56 Å². The molecule has 0 bridgehead atoms. The molecule has 0 saturated heterocycles. The highest BCUT2D eigenvalue weighted by Gasteiger charge is 2.18. The Morgan fingerprint density at radius 2 is 1.82 bits per heavy atom. The van der Waals surface area contributed by atoms with Crippen molar-refractivity contribution in [2.24, 2.45) is 0 Å². The Morgan fingerprint density at radius 1 is 1.09 bits per heavy atom. The number of nitrogens with one attached hydrogen (secondary N) is 1. The van der Waals surface area contributed by atoms with Crippen LogP contribution in [0, 0.1) is 6.92 Å². The van der Waals surface area contributed by atoms with Crippen LogP contribution < -0.4 is 5.32 Å². The minimum Gasteiger partial charge on any atom is -0.449 e. The summed E-state index contributed by atoms with van der Waals surface area (Å²) in [6.45, 7) is 3.87. The highest BCUT2D eigenvalue weighted by atomic mass is 16.5. The van der Waals surface area contributed by atoms with Crippen molar-refractivity contribution in [1.82, 2.24) is 5.32 Å². The van der Waals surface area contributed by atoms with Gasteiger partial charge in [-0.15, -0.1) is 0 Å². The Morgan fingerprint density at radius 3 is 2.50 bits per heavy atom. The molecule has 0 heterocycles. The van der Waals surface area contributed by atoms with E-state index >= 15 is 0 Å². The van der Waals surface area contributed by atoms with Gasteiger partial charge in [0.25, 0.3) is 5.91 Å². The highest BCUT2D eigenvalue weighted by molar-refractivity contribution is 5.92. The predicted octanol–water partition coefficient (Wildman–Crippen LogP) is 2.86. The van der Waals surface area contributed by atoms with Gasteiger partial charge >= 0.3 is 5.97 Å². The van der Waals surface area contributed by atoms with Crippen molar-refractivity contribution in [3.8, 4) is 0 Å². The van der Waals surface area contributed by atoms with Crippen molar-refractivity contribution in [1.29, 1.82) is 0 Å².